The number of ether oxygens (including phenoxy) is 1. The van der Waals surface area contributed by atoms with Crippen molar-refractivity contribution in [1.82, 2.24) is 19.9 Å². The average molecular weight is 533 g/mol. The van der Waals surface area contributed by atoms with E-state index in [0.717, 1.165) is 90.2 Å². The summed E-state index contributed by atoms with van der Waals surface area (Å²) in [4.78, 5) is 29.4. The Balaban J connectivity index is 1.93. The monoisotopic (exact) mass is 532 g/mol. The highest BCUT2D eigenvalue weighted by Crippen LogP contribution is 2.37. The van der Waals surface area contributed by atoms with Crippen LogP contribution >= 0.6 is 0 Å². The molecule has 0 spiro atoms. The molecule has 0 fully saturated rings. The summed E-state index contributed by atoms with van der Waals surface area (Å²) in [6, 6.07) is 8.40. The third kappa shape index (κ3) is 4.53. The summed E-state index contributed by atoms with van der Waals surface area (Å²) >= 11 is 0. The van der Waals surface area contributed by atoms with Crippen LogP contribution in [0.2, 0.25) is 0 Å². The zero-order valence-electron chi connectivity index (χ0n) is 24.2. The molecule has 204 valence electrons. The van der Waals surface area contributed by atoms with Gasteiger partial charge in [-0.2, -0.15) is 0 Å². The van der Waals surface area contributed by atoms with Gasteiger partial charge >= 0.3 is 5.97 Å². The van der Waals surface area contributed by atoms with Gasteiger partial charge in [-0.25, -0.2) is 9.97 Å². The molecule has 5 rings (SSSR count). The number of hydrogen-bond donors (Lipinski definition) is 2. The molecule has 0 saturated carbocycles. The fourth-order valence-corrected chi connectivity index (χ4v) is 5.76. The van der Waals surface area contributed by atoms with Crippen molar-refractivity contribution in [1.29, 1.82) is 0 Å². The second-order valence-corrected chi connectivity index (χ2v) is 10.4. The molecule has 0 unspecified atom stereocenters. The van der Waals surface area contributed by atoms with E-state index in [9.17, 15) is 4.79 Å². The first kappa shape index (κ1) is 27.1. The van der Waals surface area contributed by atoms with Gasteiger partial charge in [-0.15, -0.1) is 0 Å². The molecule has 0 aromatic carbocycles. The molecular formula is C34H36N4O2. The van der Waals surface area contributed by atoms with Crippen molar-refractivity contribution in [2.45, 2.75) is 53.9 Å². The maximum absolute atomic E-state index is 12.1. The van der Waals surface area contributed by atoms with E-state index in [1.54, 1.807) is 0 Å². The Labute approximate surface area is 235 Å². The number of allylic oxidation sites excluding steroid dienone is 4. The van der Waals surface area contributed by atoms with Crippen molar-refractivity contribution in [2.75, 3.05) is 7.11 Å². The number of methoxy groups -OCH3 is 1. The number of fused-ring (bicyclic) bond motifs is 8. The molecule has 8 bridgehead atoms. The van der Waals surface area contributed by atoms with E-state index in [-0.39, 0.29) is 12.4 Å². The number of aryl methyl sites for hydroxylation is 2. The molecule has 6 heteroatoms. The Morgan fingerprint density at radius 3 is 1.85 bits per heavy atom. The van der Waals surface area contributed by atoms with Gasteiger partial charge in [0.2, 0.25) is 0 Å². The Morgan fingerprint density at radius 2 is 1.27 bits per heavy atom. The molecule has 0 amide bonds. The van der Waals surface area contributed by atoms with Crippen molar-refractivity contribution >= 4 is 62.5 Å². The molecule has 0 radical (unpaired) electrons. The first-order chi connectivity index (χ1) is 19.2. The van der Waals surface area contributed by atoms with Crippen molar-refractivity contribution in [3.8, 4) is 0 Å². The van der Waals surface area contributed by atoms with E-state index in [2.05, 4.69) is 82.0 Å². The van der Waals surface area contributed by atoms with Crippen molar-refractivity contribution < 1.29 is 9.53 Å². The van der Waals surface area contributed by atoms with Gasteiger partial charge in [-0.3, -0.25) is 4.79 Å². The minimum absolute atomic E-state index is 0.239. The van der Waals surface area contributed by atoms with Crippen LogP contribution in [0.15, 0.2) is 37.4 Å². The summed E-state index contributed by atoms with van der Waals surface area (Å²) in [6.07, 6.45) is 5.47. The summed E-state index contributed by atoms with van der Waals surface area (Å²) in [6.45, 7) is 18.7. The number of nitrogens with one attached hydrogen (secondary N) is 2. The van der Waals surface area contributed by atoms with Crippen LogP contribution in [0.3, 0.4) is 0 Å². The molecule has 2 N–H and O–H groups in total. The fraction of sp³-hybridized carbons (Fsp3) is 0.265. The number of nitrogens with zero attached hydrogens (tertiary/aromatic N) is 2. The lowest BCUT2D eigenvalue weighted by Crippen LogP contribution is -2.00. The maximum atomic E-state index is 12.1. The Hall–Kier alpha value is -4.45. The fourth-order valence-electron chi connectivity index (χ4n) is 5.76. The van der Waals surface area contributed by atoms with E-state index in [0.29, 0.717) is 6.42 Å². The van der Waals surface area contributed by atoms with Gasteiger partial charge in [0.25, 0.3) is 0 Å². The van der Waals surface area contributed by atoms with Crippen LogP contribution in [0.1, 0.15) is 85.1 Å². The van der Waals surface area contributed by atoms with E-state index in [1.165, 1.54) is 12.7 Å². The zero-order valence-corrected chi connectivity index (χ0v) is 24.2. The number of aromatic nitrogens is 4. The van der Waals surface area contributed by atoms with E-state index >= 15 is 0 Å². The van der Waals surface area contributed by atoms with Crippen LogP contribution in [0.25, 0.3) is 56.5 Å². The SMILES string of the molecule is C=Cc1c(C)c2cc3[nH]c(cc4nc(cc5nc(cc1[nH]2)C(C)=C5CCC(=O)OC)C(C)=C4CC)c(C)c3C=C. The molecule has 0 aliphatic carbocycles. The number of carbonyl (C=O) groups is 1. The van der Waals surface area contributed by atoms with Gasteiger partial charge in [0, 0.05) is 39.6 Å². The molecule has 3 aromatic heterocycles. The normalized spacial score (nSPS) is 13.2. The number of H-pyrrole nitrogens is 2. The second-order valence-electron chi connectivity index (χ2n) is 10.4. The minimum Gasteiger partial charge on any atom is -0.469 e. The van der Waals surface area contributed by atoms with Crippen LogP contribution in [0.4, 0.5) is 0 Å². The van der Waals surface area contributed by atoms with Crippen molar-refractivity contribution in [3.05, 3.63) is 82.5 Å². The first-order valence-corrected chi connectivity index (χ1v) is 13.7. The van der Waals surface area contributed by atoms with Crippen LogP contribution < -0.4 is 0 Å². The van der Waals surface area contributed by atoms with Crippen LogP contribution in [0.5, 0.6) is 0 Å². The Morgan fingerprint density at radius 1 is 0.775 bits per heavy atom. The molecule has 0 atom stereocenters. The van der Waals surface area contributed by atoms with E-state index < -0.39 is 0 Å². The second kappa shape index (κ2) is 10.6. The summed E-state index contributed by atoms with van der Waals surface area (Å²) in [7, 11) is 1.42. The first-order valence-electron chi connectivity index (χ1n) is 13.7. The molecule has 40 heavy (non-hydrogen) atoms. The van der Waals surface area contributed by atoms with Crippen LogP contribution in [-0.2, 0) is 9.53 Å². The predicted octanol–water partition coefficient (Wildman–Crippen LogP) is 8.44. The highest BCUT2D eigenvalue weighted by molar-refractivity contribution is 5.96. The summed E-state index contributed by atoms with van der Waals surface area (Å²) in [5, 5.41) is 0. The third-order valence-electron chi connectivity index (χ3n) is 8.20. The molecule has 2 aliphatic rings. The summed E-state index contributed by atoms with van der Waals surface area (Å²) < 4.78 is 4.93. The molecule has 6 nitrogen and oxygen atoms in total. The van der Waals surface area contributed by atoms with Gasteiger partial charge in [0.05, 0.1) is 29.9 Å². The Bertz CT molecular complexity index is 1810. The van der Waals surface area contributed by atoms with Crippen molar-refractivity contribution in [3.63, 3.8) is 0 Å². The summed E-state index contributed by atoms with van der Waals surface area (Å²) in [5.41, 5.74) is 16.2. The highest BCUT2D eigenvalue weighted by atomic mass is 16.5. The number of hydrogen-bond acceptors (Lipinski definition) is 4. The zero-order chi connectivity index (χ0) is 28.7. The molecular weight excluding hydrogens is 496 g/mol. The van der Waals surface area contributed by atoms with Crippen LogP contribution in [0, 0.1) is 13.8 Å². The standard InChI is InChI=1S/C34H36N4O2/c1-9-22-18(4)26-15-31-24(11-3)20(6)28(37-31)17-33-25(12-13-34(39)40-8)21(7)29(38-33)16-32-23(10-2)19(5)27(36-32)14-30(22)35-26/h9-10,14-17,35-36H,1-2,11-13H2,3-8H3. The Kier molecular flexibility index (Phi) is 7.19. The lowest BCUT2D eigenvalue weighted by molar-refractivity contribution is -0.140. The molecule has 3 aromatic rings. The number of esters is 1. The molecule has 2 aliphatic heterocycles. The average Bonchev–Trinajstić information content (AvgIpc) is 3.60. The topological polar surface area (TPSA) is 83.7 Å². The van der Waals surface area contributed by atoms with Crippen molar-refractivity contribution in [2.24, 2.45) is 0 Å². The van der Waals surface area contributed by atoms with Gasteiger partial charge in [0.15, 0.2) is 0 Å². The quantitative estimate of drug-likeness (QED) is 0.312. The lowest BCUT2D eigenvalue weighted by Gasteiger charge is -2.04. The molecule has 0 saturated heterocycles. The maximum Gasteiger partial charge on any atom is 0.305 e. The van der Waals surface area contributed by atoms with Crippen LogP contribution in [-0.4, -0.2) is 33.0 Å². The van der Waals surface area contributed by atoms with E-state index in [4.69, 9.17) is 14.7 Å². The van der Waals surface area contributed by atoms with Gasteiger partial charge < -0.3 is 14.7 Å². The highest BCUT2D eigenvalue weighted by Gasteiger charge is 2.21. The smallest absolute Gasteiger partial charge is 0.305 e. The van der Waals surface area contributed by atoms with Gasteiger partial charge in [0.1, 0.15) is 0 Å². The number of carbonyl (C=O) groups excluding carboxylic acids is 1. The van der Waals surface area contributed by atoms with E-state index in [1.807, 2.05) is 12.2 Å². The van der Waals surface area contributed by atoms with Gasteiger partial charge in [-0.1, -0.05) is 32.2 Å². The summed E-state index contributed by atoms with van der Waals surface area (Å²) in [5.74, 6) is -0.239. The minimum atomic E-state index is -0.239. The number of aromatic amines is 2. The molecule has 5 heterocycles. The van der Waals surface area contributed by atoms with Gasteiger partial charge in [-0.05, 0) is 98.2 Å². The number of rotatable bonds is 6. The third-order valence-corrected chi connectivity index (χ3v) is 8.20. The predicted molar refractivity (Wildman–Crippen MR) is 167 cm³/mol. The lowest BCUT2D eigenvalue weighted by atomic mass is 9.99. The largest absolute Gasteiger partial charge is 0.469 e.